The van der Waals surface area contributed by atoms with Gasteiger partial charge >= 0.3 is 6.18 Å². The minimum Gasteiger partial charge on any atom is -0.376 e. The Kier molecular flexibility index (Phi) is 5.15. The van der Waals surface area contributed by atoms with Crippen LogP contribution < -0.4 is 10.6 Å². The van der Waals surface area contributed by atoms with E-state index < -0.39 is 17.6 Å². The molecular weight excluding hydrogens is 402 g/mol. The summed E-state index contributed by atoms with van der Waals surface area (Å²) in [5.41, 5.74) is -2.26. The third-order valence-electron chi connectivity index (χ3n) is 5.37. The molecule has 160 valence electrons. The van der Waals surface area contributed by atoms with Gasteiger partial charge < -0.3 is 15.7 Å². The standard InChI is InChI=1S/C20H21F4N5O/c1-19(30,20(22,23)24)12-4-7-17-26-10-16(29(17)11-12)15-6-5-14(21)18(28-15)27-13-3-2-8-25-9-13/h4-7,10-11,13,25,30H,2-3,8-9H2,1H3,(H,27,28)/t13-,19-/m1/s1. The molecule has 1 saturated heterocycles. The number of aliphatic hydroxyl groups is 1. The number of pyridine rings is 2. The van der Waals surface area contributed by atoms with Crippen molar-refractivity contribution in [2.75, 3.05) is 18.4 Å². The molecule has 10 heteroatoms. The van der Waals surface area contributed by atoms with E-state index in [1.165, 1.54) is 41.1 Å². The summed E-state index contributed by atoms with van der Waals surface area (Å²) in [5.74, 6) is -0.437. The van der Waals surface area contributed by atoms with Gasteiger partial charge in [-0.2, -0.15) is 13.2 Å². The largest absolute Gasteiger partial charge is 0.421 e. The van der Waals surface area contributed by atoms with Crippen molar-refractivity contribution >= 4 is 11.5 Å². The first-order valence-corrected chi connectivity index (χ1v) is 9.57. The number of nitrogens with one attached hydrogen (secondary N) is 2. The van der Waals surface area contributed by atoms with Gasteiger partial charge in [-0.25, -0.2) is 14.4 Å². The predicted octanol–water partition coefficient (Wildman–Crippen LogP) is 3.47. The lowest BCUT2D eigenvalue weighted by atomic mass is 9.97. The van der Waals surface area contributed by atoms with Crippen LogP contribution in [0.5, 0.6) is 0 Å². The van der Waals surface area contributed by atoms with Crippen LogP contribution in [0.25, 0.3) is 17.0 Å². The van der Waals surface area contributed by atoms with Gasteiger partial charge in [0.05, 0.1) is 17.6 Å². The molecule has 0 bridgehead atoms. The molecule has 0 radical (unpaired) electrons. The Balaban J connectivity index is 1.72. The van der Waals surface area contributed by atoms with Crippen LogP contribution in [0.2, 0.25) is 0 Å². The number of alkyl halides is 3. The van der Waals surface area contributed by atoms with E-state index in [0.29, 0.717) is 30.5 Å². The maximum absolute atomic E-state index is 14.3. The number of imidazole rings is 1. The summed E-state index contributed by atoms with van der Waals surface area (Å²) in [5, 5.41) is 16.3. The Morgan fingerprint density at radius 2 is 2.03 bits per heavy atom. The van der Waals surface area contributed by atoms with E-state index in [1.807, 2.05) is 0 Å². The van der Waals surface area contributed by atoms with Crippen molar-refractivity contribution in [3.63, 3.8) is 0 Å². The molecule has 2 atom stereocenters. The molecule has 6 nitrogen and oxygen atoms in total. The fourth-order valence-electron chi connectivity index (χ4n) is 3.48. The lowest BCUT2D eigenvalue weighted by Gasteiger charge is -2.26. The zero-order valence-corrected chi connectivity index (χ0v) is 16.2. The average Bonchev–Trinajstić information content (AvgIpc) is 3.13. The van der Waals surface area contributed by atoms with Gasteiger partial charge in [-0.3, -0.25) is 4.40 Å². The third kappa shape index (κ3) is 3.72. The normalized spacial score (nSPS) is 19.6. The topological polar surface area (TPSA) is 74.5 Å². The Labute approximate surface area is 170 Å². The molecular formula is C20H21F4N5O. The molecule has 3 aromatic heterocycles. The van der Waals surface area contributed by atoms with E-state index in [0.717, 1.165) is 19.4 Å². The average molecular weight is 423 g/mol. The van der Waals surface area contributed by atoms with Crippen LogP contribution in [0.4, 0.5) is 23.4 Å². The number of rotatable bonds is 4. The molecule has 1 aliphatic rings. The fraction of sp³-hybridized carbons (Fsp3) is 0.400. The highest BCUT2D eigenvalue weighted by Gasteiger charge is 2.51. The molecule has 0 aromatic carbocycles. The van der Waals surface area contributed by atoms with Crippen LogP contribution in [0.3, 0.4) is 0 Å². The zero-order chi connectivity index (χ0) is 21.5. The number of nitrogens with zero attached hydrogens (tertiary/aromatic N) is 3. The minimum atomic E-state index is -4.85. The number of hydrogen-bond acceptors (Lipinski definition) is 5. The highest BCUT2D eigenvalue weighted by molar-refractivity contribution is 5.62. The third-order valence-corrected chi connectivity index (χ3v) is 5.37. The molecule has 4 heterocycles. The predicted molar refractivity (Wildman–Crippen MR) is 104 cm³/mol. The van der Waals surface area contributed by atoms with E-state index in [4.69, 9.17) is 0 Å². The fourth-order valence-corrected chi connectivity index (χ4v) is 3.48. The maximum atomic E-state index is 14.3. The highest BCUT2D eigenvalue weighted by Crippen LogP contribution is 2.38. The number of piperidine rings is 1. The van der Waals surface area contributed by atoms with Gasteiger partial charge in [-0.1, -0.05) is 6.07 Å². The second-order valence-corrected chi connectivity index (χ2v) is 7.57. The number of anilines is 1. The molecule has 0 amide bonds. The van der Waals surface area contributed by atoms with Crippen molar-refractivity contribution in [3.8, 4) is 11.4 Å². The molecule has 4 rings (SSSR count). The first kappa shape index (κ1) is 20.5. The lowest BCUT2D eigenvalue weighted by Crippen LogP contribution is -2.39. The van der Waals surface area contributed by atoms with E-state index in [-0.39, 0.29) is 17.4 Å². The van der Waals surface area contributed by atoms with Gasteiger partial charge in [0.15, 0.2) is 17.2 Å². The molecule has 1 aliphatic heterocycles. The van der Waals surface area contributed by atoms with Gasteiger partial charge in [0, 0.05) is 24.3 Å². The second-order valence-electron chi connectivity index (χ2n) is 7.57. The van der Waals surface area contributed by atoms with Crippen molar-refractivity contribution in [2.45, 2.75) is 37.6 Å². The molecule has 0 spiro atoms. The van der Waals surface area contributed by atoms with Crippen molar-refractivity contribution in [2.24, 2.45) is 0 Å². The van der Waals surface area contributed by atoms with Crippen molar-refractivity contribution in [1.29, 1.82) is 0 Å². The summed E-state index contributed by atoms with van der Waals surface area (Å²) >= 11 is 0. The van der Waals surface area contributed by atoms with Gasteiger partial charge in [-0.05, 0) is 44.5 Å². The summed E-state index contributed by atoms with van der Waals surface area (Å²) in [6.45, 7) is 2.30. The SMILES string of the molecule is C[C@@](O)(c1ccc2ncc(-c3ccc(F)c(N[C@@H]4CCCNC4)n3)n2c1)C(F)(F)F. The minimum absolute atomic E-state index is 0.0340. The van der Waals surface area contributed by atoms with Crippen molar-refractivity contribution < 1.29 is 22.7 Å². The number of aromatic nitrogens is 3. The summed E-state index contributed by atoms with van der Waals surface area (Å²) in [6, 6.07) is 5.30. The molecule has 3 N–H and O–H groups in total. The van der Waals surface area contributed by atoms with E-state index >= 15 is 0 Å². The molecule has 0 aliphatic carbocycles. The zero-order valence-electron chi connectivity index (χ0n) is 16.2. The Morgan fingerprint density at radius 3 is 2.73 bits per heavy atom. The Morgan fingerprint density at radius 1 is 1.23 bits per heavy atom. The Hall–Kier alpha value is -2.72. The van der Waals surface area contributed by atoms with Crippen LogP contribution in [-0.4, -0.2) is 44.8 Å². The van der Waals surface area contributed by atoms with Gasteiger partial charge in [0.1, 0.15) is 5.65 Å². The van der Waals surface area contributed by atoms with Crippen molar-refractivity contribution in [3.05, 3.63) is 48.0 Å². The lowest BCUT2D eigenvalue weighted by molar-refractivity contribution is -0.259. The van der Waals surface area contributed by atoms with E-state index in [1.54, 1.807) is 0 Å². The molecule has 0 saturated carbocycles. The van der Waals surface area contributed by atoms with Crippen LogP contribution >= 0.6 is 0 Å². The monoisotopic (exact) mass is 423 g/mol. The van der Waals surface area contributed by atoms with Crippen LogP contribution in [0.1, 0.15) is 25.3 Å². The smallest absolute Gasteiger partial charge is 0.376 e. The highest BCUT2D eigenvalue weighted by atomic mass is 19.4. The Bertz CT molecular complexity index is 1060. The van der Waals surface area contributed by atoms with Crippen LogP contribution in [-0.2, 0) is 5.60 Å². The summed E-state index contributed by atoms with van der Waals surface area (Å²) in [6.07, 6.45) is -0.374. The molecule has 30 heavy (non-hydrogen) atoms. The van der Waals surface area contributed by atoms with Crippen LogP contribution in [0, 0.1) is 5.82 Å². The van der Waals surface area contributed by atoms with Gasteiger partial charge in [0.2, 0.25) is 0 Å². The molecule has 1 fully saturated rings. The number of fused-ring (bicyclic) bond motifs is 1. The quantitative estimate of drug-likeness (QED) is 0.561. The van der Waals surface area contributed by atoms with Gasteiger partial charge in [-0.15, -0.1) is 0 Å². The first-order chi connectivity index (χ1) is 14.2. The second kappa shape index (κ2) is 7.51. The molecule has 0 unspecified atom stereocenters. The van der Waals surface area contributed by atoms with Crippen LogP contribution in [0.15, 0.2) is 36.7 Å². The molecule has 3 aromatic rings. The summed E-state index contributed by atoms with van der Waals surface area (Å²) < 4.78 is 55.4. The van der Waals surface area contributed by atoms with Gasteiger partial charge in [0.25, 0.3) is 0 Å². The number of halogens is 4. The summed E-state index contributed by atoms with van der Waals surface area (Å²) in [4.78, 5) is 8.52. The maximum Gasteiger partial charge on any atom is 0.421 e. The number of hydrogen-bond donors (Lipinski definition) is 3. The summed E-state index contributed by atoms with van der Waals surface area (Å²) in [7, 11) is 0. The van der Waals surface area contributed by atoms with E-state index in [2.05, 4.69) is 20.6 Å². The first-order valence-electron chi connectivity index (χ1n) is 9.57. The van der Waals surface area contributed by atoms with E-state index in [9.17, 15) is 22.7 Å². The van der Waals surface area contributed by atoms with Crippen molar-refractivity contribution in [1.82, 2.24) is 19.7 Å².